The van der Waals surface area contributed by atoms with Gasteiger partial charge >= 0.3 is 0 Å². The first-order chi connectivity index (χ1) is 17.9. The van der Waals surface area contributed by atoms with E-state index in [2.05, 4.69) is 30.7 Å². The predicted molar refractivity (Wildman–Crippen MR) is 154 cm³/mol. The summed E-state index contributed by atoms with van der Waals surface area (Å²) in [5.41, 5.74) is 11.0. The lowest BCUT2D eigenvalue weighted by Crippen LogP contribution is -2.34. The van der Waals surface area contributed by atoms with E-state index in [9.17, 15) is 9.59 Å². The molecule has 7 heteroatoms. The van der Waals surface area contributed by atoms with Gasteiger partial charge in [0.05, 0.1) is 5.69 Å². The predicted octanol–water partition coefficient (Wildman–Crippen LogP) is 4.78. The molecule has 0 aliphatic carbocycles. The molecule has 1 aromatic heterocycles. The molecule has 7 nitrogen and oxygen atoms in total. The fourth-order valence-corrected chi connectivity index (χ4v) is 4.73. The molecule has 0 saturated heterocycles. The van der Waals surface area contributed by atoms with E-state index < -0.39 is 0 Å². The Kier molecular flexibility index (Phi) is 8.04. The van der Waals surface area contributed by atoms with E-state index in [1.807, 2.05) is 60.5 Å². The van der Waals surface area contributed by atoms with E-state index in [4.69, 9.17) is 5.73 Å². The van der Waals surface area contributed by atoms with Gasteiger partial charge in [-0.05, 0) is 66.7 Å². The number of nitrogens with two attached hydrogens (primary N) is 1. The monoisotopic (exact) mass is 497 g/mol. The summed E-state index contributed by atoms with van der Waals surface area (Å²) >= 11 is 0. The van der Waals surface area contributed by atoms with Gasteiger partial charge in [-0.1, -0.05) is 38.6 Å². The highest BCUT2D eigenvalue weighted by Gasteiger charge is 2.21. The van der Waals surface area contributed by atoms with Crippen LogP contribution in [-0.2, 0) is 4.79 Å². The van der Waals surface area contributed by atoms with Gasteiger partial charge < -0.3 is 16.0 Å². The Bertz CT molecular complexity index is 1460. The van der Waals surface area contributed by atoms with Crippen molar-refractivity contribution in [2.45, 2.75) is 33.1 Å². The molecule has 1 amide bonds. The number of nitrogens with zero attached hydrogens (tertiary/aromatic N) is 3. The van der Waals surface area contributed by atoms with Crippen molar-refractivity contribution in [3.05, 3.63) is 76.7 Å². The second-order valence-electron chi connectivity index (χ2n) is 9.40. The highest BCUT2D eigenvalue weighted by Crippen LogP contribution is 2.33. The first kappa shape index (κ1) is 26.1. The van der Waals surface area contributed by atoms with Crippen LogP contribution in [0, 0.1) is 0 Å². The van der Waals surface area contributed by atoms with Crippen molar-refractivity contribution in [3.8, 4) is 11.1 Å². The number of fused-ring (bicyclic) bond motifs is 2. The number of benzene rings is 2. The van der Waals surface area contributed by atoms with Crippen molar-refractivity contribution < 1.29 is 4.79 Å². The number of amides is 1. The van der Waals surface area contributed by atoms with Gasteiger partial charge in [-0.15, -0.1) is 0 Å². The number of amidine groups is 1. The van der Waals surface area contributed by atoms with Crippen LogP contribution in [0.1, 0.15) is 38.7 Å². The normalized spacial score (nSPS) is 12.9. The Morgan fingerprint density at radius 3 is 2.51 bits per heavy atom. The number of nitrogens with one attached hydrogen (secondary N) is 1. The van der Waals surface area contributed by atoms with E-state index in [0.717, 1.165) is 53.7 Å². The van der Waals surface area contributed by atoms with E-state index in [1.165, 1.54) is 0 Å². The standard InChI is InChI=1S/C30H35N5O2/c1-5-12-34(13-6-2)29(36)25-16-24-8-7-22(17-27(24)33-28(31)18-25)21-9-10-26-23(15-21)11-14-35(30(26)37)20(3)19-32-4/h7-11,14-17,32H,3,5-6,12-13,18-19H2,1-2,4H3,(H2,31,33). The zero-order valence-corrected chi connectivity index (χ0v) is 21.9. The molecule has 2 aromatic carbocycles. The molecule has 3 aromatic rings. The summed E-state index contributed by atoms with van der Waals surface area (Å²) < 4.78 is 1.58. The Labute approximate surface area is 218 Å². The maximum atomic E-state index is 13.2. The molecular formula is C30H35N5O2. The zero-order valence-electron chi connectivity index (χ0n) is 21.9. The van der Waals surface area contributed by atoms with Gasteiger partial charge in [-0.3, -0.25) is 14.2 Å². The van der Waals surface area contributed by atoms with Gasteiger partial charge in [-0.25, -0.2) is 4.99 Å². The maximum Gasteiger partial charge on any atom is 0.262 e. The Morgan fingerprint density at radius 2 is 1.81 bits per heavy atom. The summed E-state index contributed by atoms with van der Waals surface area (Å²) in [5, 5.41) is 4.52. The van der Waals surface area contributed by atoms with Crippen LogP contribution in [0.25, 0.3) is 33.7 Å². The molecule has 0 spiro atoms. The third kappa shape index (κ3) is 5.57. The van der Waals surface area contributed by atoms with Crippen LogP contribution in [-0.4, -0.2) is 47.9 Å². The van der Waals surface area contributed by atoms with Gasteiger partial charge in [-0.2, -0.15) is 0 Å². The van der Waals surface area contributed by atoms with Crippen LogP contribution < -0.4 is 16.6 Å². The fourth-order valence-electron chi connectivity index (χ4n) is 4.73. The molecule has 0 fully saturated rings. The molecule has 37 heavy (non-hydrogen) atoms. The van der Waals surface area contributed by atoms with Crippen LogP contribution >= 0.6 is 0 Å². The third-order valence-corrected chi connectivity index (χ3v) is 6.50. The van der Waals surface area contributed by atoms with Gasteiger partial charge in [0.25, 0.3) is 5.56 Å². The lowest BCUT2D eigenvalue weighted by atomic mass is 9.99. The molecule has 0 unspecified atom stereocenters. The first-order valence-corrected chi connectivity index (χ1v) is 12.8. The van der Waals surface area contributed by atoms with E-state index in [1.54, 1.807) is 10.8 Å². The molecule has 3 N–H and O–H groups in total. The third-order valence-electron chi connectivity index (χ3n) is 6.50. The number of pyridine rings is 1. The van der Waals surface area contributed by atoms with Crippen molar-refractivity contribution in [2.24, 2.45) is 10.7 Å². The van der Waals surface area contributed by atoms with Crippen molar-refractivity contribution in [2.75, 3.05) is 26.7 Å². The van der Waals surface area contributed by atoms with Crippen molar-refractivity contribution >= 4 is 40.0 Å². The maximum absolute atomic E-state index is 13.2. The van der Waals surface area contributed by atoms with Gasteiger partial charge in [0, 0.05) is 54.5 Å². The average molecular weight is 498 g/mol. The Morgan fingerprint density at radius 1 is 1.11 bits per heavy atom. The quantitative estimate of drug-likeness (QED) is 0.445. The van der Waals surface area contributed by atoms with E-state index >= 15 is 0 Å². The summed E-state index contributed by atoms with van der Waals surface area (Å²) in [5.74, 6) is 0.445. The largest absolute Gasteiger partial charge is 0.387 e. The molecule has 1 aliphatic heterocycles. The smallest absolute Gasteiger partial charge is 0.262 e. The van der Waals surface area contributed by atoms with Crippen LogP contribution in [0.15, 0.2) is 70.6 Å². The van der Waals surface area contributed by atoms with Gasteiger partial charge in [0.2, 0.25) is 5.91 Å². The van der Waals surface area contributed by atoms with Crippen LogP contribution in [0.5, 0.6) is 0 Å². The number of likely N-dealkylation sites (N-methyl/N-ethyl adjacent to an activating group) is 1. The minimum absolute atomic E-state index is 0.0244. The number of aliphatic imine (C=N–C) groups is 1. The summed E-state index contributed by atoms with van der Waals surface area (Å²) in [7, 11) is 1.82. The summed E-state index contributed by atoms with van der Waals surface area (Å²) in [6.45, 7) is 10.1. The first-order valence-electron chi connectivity index (χ1n) is 12.8. The number of rotatable bonds is 9. The SMILES string of the molecule is C=C(CNC)n1ccc2cc(-c3ccc4c(c3)N=C(N)CC(C(=O)N(CCC)CCC)=C4)ccc2c1=O. The van der Waals surface area contributed by atoms with E-state index in [-0.39, 0.29) is 11.5 Å². The Balaban J connectivity index is 1.69. The fraction of sp³-hybridized carbons (Fsp3) is 0.300. The molecule has 4 rings (SSSR count). The molecular weight excluding hydrogens is 462 g/mol. The zero-order chi connectivity index (χ0) is 26.5. The highest BCUT2D eigenvalue weighted by atomic mass is 16.2. The van der Waals surface area contributed by atoms with Crippen molar-refractivity contribution in [1.29, 1.82) is 0 Å². The average Bonchev–Trinajstić information content (AvgIpc) is 3.05. The number of hydrogen-bond acceptors (Lipinski definition) is 5. The molecule has 192 valence electrons. The van der Waals surface area contributed by atoms with Gasteiger partial charge in [0.1, 0.15) is 5.84 Å². The number of hydrogen-bond donors (Lipinski definition) is 2. The van der Waals surface area contributed by atoms with Crippen LogP contribution in [0.3, 0.4) is 0 Å². The highest BCUT2D eigenvalue weighted by molar-refractivity contribution is 6.05. The minimum atomic E-state index is -0.0916. The number of carbonyl (C=O) groups is 1. The molecule has 1 aliphatic rings. The second kappa shape index (κ2) is 11.4. The molecule has 0 bridgehead atoms. The topological polar surface area (TPSA) is 92.7 Å². The van der Waals surface area contributed by atoms with E-state index in [0.29, 0.717) is 35.5 Å². The van der Waals surface area contributed by atoms with Crippen molar-refractivity contribution in [3.63, 3.8) is 0 Å². The van der Waals surface area contributed by atoms with Crippen LogP contribution in [0.2, 0.25) is 0 Å². The minimum Gasteiger partial charge on any atom is -0.387 e. The Hall–Kier alpha value is -3.97. The van der Waals surface area contributed by atoms with Crippen LogP contribution in [0.4, 0.5) is 5.69 Å². The molecule has 0 radical (unpaired) electrons. The summed E-state index contributed by atoms with van der Waals surface area (Å²) in [6.07, 6.45) is 5.83. The number of carbonyl (C=O) groups excluding carboxylic acids is 1. The molecule has 2 heterocycles. The van der Waals surface area contributed by atoms with Crippen molar-refractivity contribution in [1.82, 2.24) is 14.8 Å². The second-order valence-corrected chi connectivity index (χ2v) is 9.40. The summed E-state index contributed by atoms with van der Waals surface area (Å²) in [4.78, 5) is 32.8. The lowest BCUT2D eigenvalue weighted by molar-refractivity contribution is -0.127. The number of aromatic nitrogens is 1. The molecule has 0 atom stereocenters. The summed E-state index contributed by atoms with van der Waals surface area (Å²) in [6, 6.07) is 13.7. The molecule has 0 saturated carbocycles. The van der Waals surface area contributed by atoms with Gasteiger partial charge in [0.15, 0.2) is 0 Å². The lowest BCUT2D eigenvalue weighted by Gasteiger charge is -2.22.